The molecule has 0 radical (unpaired) electrons. The lowest BCUT2D eigenvalue weighted by molar-refractivity contribution is 0.389. The van der Waals surface area contributed by atoms with Crippen LogP contribution in [0.25, 0.3) is 10.9 Å². The van der Waals surface area contributed by atoms with E-state index in [4.69, 9.17) is 10.5 Å². The van der Waals surface area contributed by atoms with Gasteiger partial charge in [0.25, 0.3) is 0 Å². The first-order chi connectivity index (χ1) is 7.13. The Morgan fingerprint density at radius 3 is 2.80 bits per heavy atom. The van der Waals surface area contributed by atoms with E-state index in [0.717, 1.165) is 5.69 Å². The largest absolute Gasteiger partial charge is 0.494 e. The number of aromatic nitrogens is 1. The molecule has 0 spiro atoms. The van der Waals surface area contributed by atoms with Crippen LogP contribution in [0.2, 0.25) is 0 Å². The van der Waals surface area contributed by atoms with Crippen molar-refractivity contribution in [1.29, 1.82) is 0 Å². The standard InChI is InChI=1S/C11H11FN2O/c1-6-3-4-7-10(12)9(15-2)5-8(13)11(7)14-6/h3-5H,13H2,1-2H3. The molecule has 2 N–H and O–H groups in total. The Bertz CT molecular complexity index is 525. The zero-order valence-corrected chi connectivity index (χ0v) is 8.54. The highest BCUT2D eigenvalue weighted by atomic mass is 19.1. The molecule has 1 heterocycles. The predicted octanol–water partition coefficient (Wildman–Crippen LogP) is 2.27. The number of nitrogen functional groups attached to an aromatic ring is 1. The number of anilines is 1. The SMILES string of the molecule is COc1cc(N)c2nc(C)ccc2c1F. The Morgan fingerprint density at radius 1 is 1.40 bits per heavy atom. The second kappa shape index (κ2) is 3.38. The fourth-order valence-electron chi connectivity index (χ4n) is 1.51. The van der Waals surface area contributed by atoms with Gasteiger partial charge in [-0.15, -0.1) is 0 Å². The lowest BCUT2D eigenvalue weighted by atomic mass is 10.1. The number of halogens is 1. The predicted molar refractivity (Wildman–Crippen MR) is 57.4 cm³/mol. The summed E-state index contributed by atoms with van der Waals surface area (Å²) < 4.78 is 18.6. The molecule has 1 aromatic heterocycles. The van der Waals surface area contributed by atoms with Gasteiger partial charge >= 0.3 is 0 Å². The van der Waals surface area contributed by atoms with Crippen LogP contribution in [0.4, 0.5) is 10.1 Å². The van der Waals surface area contributed by atoms with E-state index in [2.05, 4.69) is 4.98 Å². The molecule has 15 heavy (non-hydrogen) atoms. The van der Waals surface area contributed by atoms with E-state index in [0.29, 0.717) is 16.6 Å². The van der Waals surface area contributed by atoms with Crippen LogP contribution in [0.1, 0.15) is 5.69 Å². The molecule has 3 nitrogen and oxygen atoms in total. The Kier molecular flexibility index (Phi) is 2.19. The highest BCUT2D eigenvalue weighted by molar-refractivity contribution is 5.91. The van der Waals surface area contributed by atoms with E-state index in [-0.39, 0.29) is 5.75 Å². The van der Waals surface area contributed by atoms with Crippen molar-refractivity contribution in [3.05, 3.63) is 29.7 Å². The van der Waals surface area contributed by atoms with Crippen molar-refractivity contribution in [3.8, 4) is 5.75 Å². The van der Waals surface area contributed by atoms with Gasteiger partial charge < -0.3 is 10.5 Å². The molecule has 0 aliphatic rings. The first-order valence-corrected chi connectivity index (χ1v) is 4.53. The summed E-state index contributed by atoms with van der Waals surface area (Å²) >= 11 is 0. The smallest absolute Gasteiger partial charge is 0.174 e. The third-order valence-electron chi connectivity index (χ3n) is 2.27. The Morgan fingerprint density at radius 2 is 2.13 bits per heavy atom. The van der Waals surface area contributed by atoms with Gasteiger partial charge in [0, 0.05) is 17.1 Å². The van der Waals surface area contributed by atoms with Gasteiger partial charge in [0.1, 0.15) is 0 Å². The molecule has 0 saturated carbocycles. The van der Waals surface area contributed by atoms with E-state index in [9.17, 15) is 4.39 Å². The van der Waals surface area contributed by atoms with Gasteiger partial charge in [-0.3, -0.25) is 4.98 Å². The van der Waals surface area contributed by atoms with Crippen LogP contribution in [0.3, 0.4) is 0 Å². The Balaban J connectivity index is 2.87. The lowest BCUT2D eigenvalue weighted by Gasteiger charge is -2.08. The zero-order valence-electron chi connectivity index (χ0n) is 8.54. The van der Waals surface area contributed by atoms with Crippen molar-refractivity contribution in [1.82, 2.24) is 4.98 Å². The van der Waals surface area contributed by atoms with Crippen LogP contribution in [0.5, 0.6) is 5.75 Å². The molecule has 0 aliphatic carbocycles. The number of methoxy groups -OCH3 is 1. The van der Waals surface area contributed by atoms with Crippen molar-refractivity contribution >= 4 is 16.6 Å². The van der Waals surface area contributed by atoms with Crippen molar-refractivity contribution in [2.24, 2.45) is 0 Å². The molecular formula is C11H11FN2O. The first kappa shape index (κ1) is 9.71. The van der Waals surface area contributed by atoms with Gasteiger partial charge in [-0.25, -0.2) is 4.39 Å². The van der Waals surface area contributed by atoms with Gasteiger partial charge in [-0.2, -0.15) is 0 Å². The summed E-state index contributed by atoms with van der Waals surface area (Å²) in [4.78, 5) is 4.19. The number of hydrogen-bond donors (Lipinski definition) is 1. The summed E-state index contributed by atoms with van der Waals surface area (Å²) in [6.45, 7) is 1.83. The monoisotopic (exact) mass is 206 g/mol. The number of aryl methyl sites for hydroxylation is 1. The van der Waals surface area contributed by atoms with E-state index >= 15 is 0 Å². The highest BCUT2D eigenvalue weighted by Gasteiger charge is 2.11. The second-order valence-corrected chi connectivity index (χ2v) is 3.33. The molecule has 4 heteroatoms. The number of hydrogen-bond acceptors (Lipinski definition) is 3. The topological polar surface area (TPSA) is 48.1 Å². The molecule has 0 saturated heterocycles. The van der Waals surface area contributed by atoms with E-state index < -0.39 is 5.82 Å². The van der Waals surface area contributed by atoms with Crippen molar-refractivity contribution in [2.45, 2.75) is 6.92 Å². The third-order valence-corrected chi connectivity index (χ3v) is 2.27. The number of pyridine rings is 1. The lowest BCUT2D eigenvalue weighted by Crippen LogP contribution is -1.97. The van der Waals surface area contributed by atoms with Gasteiger partial charge in [-0.1, -0.05) is 0 Å². The zero-order chi connectivity index (χ0) is 11.0. The molecule has 0 aliphatic heterocycles. The number of fused-ring (bicyclic) bond motifs is 1. The molecule has 0 amide bonds. The summed E-state index contributed by atoms with van der Waals surface area (Å²) in [6.07, 6.45) is 0. The number of nitrogens with two attached hydrogens (primary N) is 1. The maximum atomic E-state index is 13.8. The van der Waals surface area contributed by atoms with Gasteiger partial charge in [0.05, 0.1) is 18.3 Å². The summed E-state index contributed by atoms with van der Waals surface area (Å²) in [6, 6.07) is 4.85. The van der Waals surface area contributed by atoms with E-state index in [1.807, 2.05) is 6.92 Å². The number of rotatable bonds is 1. The van der Waals surface area contributed by atoms with Crippen molar-refractivity contribution in [2.75, 3.05) is 12.8 Å². The van der Waals surface area contributed by atoms with Crippen LogP contribution >= 0.6 is 0 Å². The quantitative estimate of drug-likeness (QED) is 0.728. The van der Waals surface area contributed by atoms with Gasteiger partial charge in [-0.05, 0) is 19.1 Å². The molecular weight excluding hydrogens is 195 g/mol. The fraction of sp³-hybridized carbons (Fsp3) is 0.182. The molecule has 0 unspecified atom stereocenters. The van der Waals surface area contributed by atoms with E-state index in [1.165, 1.54) is 13.2 Å². The van der Waals surface area contributed by atoms with Crippen LogP contribution in [-0.4, -0.2) is 12.1 Å². The van der Waals surface area contributed by atoms with Crippen LogP contribution in [-0.2, 0) is 0 Å². The molecule has 2 rings (SSSR count). The maximum absolute atomic E-state index is 13.8. The molecule has 0 atom stereocenters. The van der Waals surface area contributed by atoms with Gasteiger partial charge in [0.2, 0.25) is 0 Å². The fourth-order valence-corrected chi connectivity index (χ4v) is 1.51. The minimum atomic E-state index is -0.422. The van der Waals surface area contributed by atoms with Crippen LogP contribution < -0.4 is 10.5 Å². The first-order valence-electron chi connectivity index (χ1n) is 4.53. The minimum absolute atomic E-state index is 0.144. The van der Waals surface area contributed by atoms with Gasteiger partial charge in [0.15, 0.2) is 11.6 Å². The highest BCUT2D eigenvalue weighted by Crippen LogP contribution is 2.30. The van der Waals surface area contributed by atoms with Crippen LogP contribution in [0.15, 0.2) is 18.2 Å². The second-order valence-electron chi connectivity index (χ2n) is 3.33. The minimum Gasteiger partial charge on any atom is -0.494 e. The number of nitrogens with zero attached hydrogens (tertiary/aromatic N) is 1. The van der Waals surface area contributed by atoms with Crippen molar-refractivity contribution < 1.29 is 9.13 Å². The molecule has 2 aromatic rings. The molecule has 1 aromatic carbocycles. The molecule has 0 fully saturated rings. The Labute approximate surface area is 86.7 Å². The number of benzene rings is 1. The maximum Gasteiger partial charge on any atom is 0.174 e. The Hall–Kier alpha value is -1.84. The molecule has 0 bridgehead atoms. The summed E-state index contributed by atoms with van der Waals surface area (Å²) in [5, 5.41) is 0.387. The normalized spacial score (nSPS) is 10.6. The van der Waals surface area contributed by atoms with Crippen LogP contribution in [0, 0.1) is 12.7 Å². The van der Waals surface area contributed by atoms with Crippen molar-refractivity contribution in [3.63, 3.8) is 0 Å². The third kappa shape index (κ3) is 1.48. The average molecular weight is 206 g/mol. The summed E-state index contributed by atoms with van der Waals surface area (Å²) in [5.74, 6) is -0.278. The molecule has 78 valence electrons. The summed E-state index contributed by atoms with van der Waals surface area (Å²) in [5.41, 5.74) is 7.47. The summed E-state index contributed by atoms with van der Waals surface area (Å²) in [7, 11) is 1.41. The average Bonchev–Trinajstić information content (AvgIpc) is 2.23. The number of ether oxygens (including phenoxy) is 1. The van der Waals surface area contributed by atoms with E-state index in [1.54, 1.807) is 12.1 Å².